The maximum absolute atomic E-state index is 10.3. The van der Waals surface area contributed by atoms with Gasteiger partial charge in [-0.05, 0) is 18.3 Å². The van der Waals surface area contributed by atoms with Crippen molar-refractivity contribution in [3.8, 4) is 0 Å². The molecule has 74 valence electrons. The zero-order chi connectivity index (χ0) is 9.85. The van der Waals surface area contributed by atoms with Gasteiger partial charge in [0, 0.05) is 18.9 Å². The summed E-state index contributed by atoms with van der Waals surface area (Å²) in [6.07, 6.45) is 2.08. The predicted molar refractivity (Wildman–Crippen MR) is 51.1 cm³/mol. The van der Waals surface area contributed by atoms with Crippen LogP contribution in [0, 0.1) is 17.3 Å². The average molecular weight is 182 g/mol. The van der Waals surface area contributed by atoms with Crippen LogP contribution in [0.15, 0.2) is 12.2 Å². The normalized spacial score (nSPS) is 47.2. The minimum atomic E-state index is -0.930. The second-order valence-corrected chi connectivity index (χ2v) is 4.89. The van der Waals surface area contributed by atoms with Crippen molar-refractivity contribution in [2.75, 3.05) is 7.11 Å². The van der Waals surface area contributed by atoms with E-state index < -0.39 is 5.79 Å². The third-order valence-electron chi connectivity index (χ3n) is 4.19. The Morgan fingerprint density at radius 2 is 2.08 bits per heavy atom. The summed E-state index contributed by atoms with van der Waals surface area (Å²) < 4.78 is 5.29. The van der Waals surface area contributed by atoms with Gasteiger partial charge in [0.2, 0.25) is 0 Å². The first-order valence-corrected chi connectivity index (χ1v) is 4.91. The van der Waals surface area contributed by atoms with Gasteiger partial charge in [0.25, 0.3) is 0 Å². The third kappa shape index (κ3) is 0.856. The molecule has 3 atom stereocenters. The molecule has 2 fully saturated rings. The summed E-state index contributed by atoms with van der Waals surface area (Å²) in [5.74, 6) is -0.555. The highest BCUT2D eigenvalue weighted by molar-refractivity contribution is 5.29. The molecule has 0 aromatic heterocycles. The molecule has 0 aromatic carbocycles. The average Bonchev–Trinajstić information content (AvgIpc) is 2.47. The van der Waals surface area contributed by atoms with Crippen molar-refractivity contribution in [3.63, 3.8) is 0 Å². The molecule has 2 aliphatic rings. The van der Waals surface area contributed by atoms with Gasteiger partial charge in [-0.2, -0.15) is 0 Å². The van der Waals surface area contributed by atoms with E-state index in [2.05, 4.69) is 20.4 Å². The maximum atomic E-state index is 10.3. The van der Waals surface area contributed by atoms with Gasteiger partial charge in [0.1, 0.15) is 0 Å². The van der Waals surface area contributed by atoms with Gasteiger partial charge >= 0.3 is 0 Å². The van der Waals surface area contributed by atoms with Gasteiger partial charge in [0.05, 0.1) is 0 Å². The summed E-state index contributed by atoms with van der Waals surface area (Å²) in [4.78, 5) is 0. The first-order chi connectivity index (χ1) is 5.94. The lowest BCUT2D eigenvalue weighted by Gasteiger charge is -2.32. The van der Waals surface area contributed by atoms with E-state index in [0.717, 1.165) is 18.4 Å². The minimum absolute atomic E-state index is 0.0354. The SMILES string of the molecule is C=C1C2CCC(C1(C)C)C2(O)OC. The van der Waals surface area contributed by atoms with Gasteiger partial charge in [-0.25, -0.2) is 0 Å². The van der Waals surface area contributed by atoms with E-state index in [9.17, 15) is 5.11 Å². The minimum Gasteiger partial charge on any atom is -0.365 e. The number of fused-ring (bicyclic) bond motifs is 2. The fraction of sp³-hybridized carbons (Fsp3) is 0.818. The quantitative estimate of drug-likeness (QED) is 0.496. The largest absolute Gasteiger partial charge is 0.365 e. The molecule has 2 nitrogen and oxygen atoms in total. The van der Waals surface area contributed by atoms with Crippen LogP contribution in [0.1, 0.15) is 26.7 Å². The van der Waals surface area contributed by atoms with Crippen molar-refractivity contribution < 1.29 is 9.84 Å². The smallest absolute Gasteiger partial charge is 0.175 e. The van der Waals surface area contributed by atoms with Gasteiger partial charge in [0.15, 0.2) is 5.79 Å². The molecule has 2 heteroatoms. The number of ether oxygens (including phenoxy) is 1. The predicted octanol–water partition coefficient (Wildman–Crippen LogP) is 1.94. The van der Waals surface area contributed by atoms with Crippen LogP contribution in [0.2, 0.25) is 0 Å². The van der Waals surface area contributed by atoms with Crippen molar-refractivity contribution in [1.29, 1.82) is 0 Å². The molecule has 0 saturated heterocycles. The van der Waals surface area contributed by atoms with E-state index in [4.69, 9.17) is 4.74 Å². The van der Waals surface area contributed by atoms with Crippen LogP contribution in [0.25, 0.3) is 0 Å². The Labute approximate surface area is 79.6 Å². The number of rotatable bonds is 1. The van der Waals surface area contributed by atoms with Gasteiger partial charge in [-0.1, -0.05) is 26.0 Å². The van der Waals surface area contributed by atoms with Crippen LogP contribution in [0.5, 0.6) is 0 Å². The third-order valence-corrected chi connectivity index (χ3v) is 4.19. The molecular weight excluding hydrogens is 164 g/mol. The lowest BCUT2D eigenvalue weighted by molar-refractivity contribution is -0.220. The van der Waals surface area contributed by atoms with Crippen LogP contribution < -0.4 is 0 Å². The molecule has 1 N–H and O–H groups in total. The molecule has 2 saturated carbocycles. The van der Waals surface area contributed by atoms with Crippen LogP contribution in [0.4, 0.5) is 0 Å². The molecule has 2 aliphatic carbocycles. The summed E-state index contributed by atoms with van der Waals surface area (Å²) in [7, 11) is 1.60. The van der Waals surface area contributed by atoms with E-state index in [0.29, 0.717) is 0 Å². The Morgan fingerprint density at radius 1 is 1.46 bits per heavy atom. The first-order valence-electron chi connectivity index (χ1n) is 4.91. The first kappa shape index (κ1) is 9.22. The molecule has 2 bridgehead atoms. The summed E-state index contributed by atoms with van der Waals surface area (Å²) >= 11 is 0. The van der Waals surface area contributed by atoms with Gasteiger partial charge < -0.3 is 9.84 Å². The molecular formula is C11H18O2. The second-order valence-electron chi connectivity index (χ2n) is 4.89. The Morgan fingerprint density at radius 3 is 2.38 bits per heavy atom. The maximum Gasteiger partial charge on any atom is 0.175 e. The number of hydrogen-bond donors (Lipinski definition) is 1. The second kappa shape index (κ2) is 2.37. The van der Waals surface area contributed by atoms with Crippen molar-refractivity contribution in [2.45, 2.75) is 32.5 Å². The lowest BCUT2D eigenvalue weighted by atomic mass is 9.73. The van der Waals surface area contributed by atoms with E-state index >= 15 is 0 Å². The Balaban J connectivity index is 2.44. The fourth-order valence-electron chi connectivity index (χ4n) is 3.25. The molecule has 0 aromatic rings. The van der Waals surface area contributed by atoms with E-state index in [1.165, 1.54) is 0 Å². The summed E-state index contributed by atoms with van der Waals surface area (Å²) in [6, 6.07) is 0. The van der Waals surface area contributed by atoms with Gasteiger partial charge in [-0.15, -0.1) is 0 Å². The van der Waals surface area contributed by atoms with Crippen LogP contribution in [-0.2, 0) is 4.74 Å². The molecule has 0 heterocycles. The highest BCUT2D eigenvalue weighted by atomic mass is 16.6. The standard InChI is InChI=1S/C11H18O2/c1-7-8-5-6-9(10(7,2)3)11(8,12)13-4/h8-9,12H,1,5-6H2,2-4H3. The summed E-state index contributed by atoms with van der Waals surface area (Å²) in [5, 5.41) is 10.3. The van der Waals surface area contributed by atoms with Crippen LogP contribution in [-0.4, -0.2) is 18.0 Å². The van der Waals surface area contributed by atoms with Crippen molar-refractivity contribution in [1.82, 2.24) is 0 Å². The molecule has 13 heavy (non-hydrogen) atoms. The monoisotopic (exact) mass is 182 g/mol. The number of hydrogen-bond acceptors (Lipinski definition) is 2. The highest BCUT2D eigenvalue weighted by Gasteiger charge is 2.64. The van der Waals surface area contributed by atoms with E-state index in [1.54, 1.807) is 7.11 Å². The van der Waals surface area contributed by atoms with Crippen LogP contribution >= 0.6 is 0 Å². The lowest BCUT2D eigenvalue weighted by Crippen LogP contribution is -2.38. The Hall–Kier alpha value is -0.340. The Kier molecular flexibility index (Phi) is 1.68. The molecule has 2 rings (SSSR count). The van der Waals surface area contributed by atoms with Gasteiger partial charge in [-0.3, -0.25) is 0 Å². The van der Waals surface area contributed by atoms with E-state index in [1.807, 2.05) is 0 Å². The molecule has 0 radical (unpaired) electrons. The summed E-state index contributed by atoms with van der Waals surface area (Å²) in [6.45, 7) is 8.40. The molecule has 0 amide bonds. The van der Waals surface area contributed by atoms with E-state index in [-0.39, 0.29) is 17.3 Å². The fourth-order valence-corrected chi connectivity index (χ4v) is 3.25. The van der Waals surface area contributed by atoms with Crippen molar-refractivity contribution >= 4 is 0 Å². The molecule has 0 spiro atoms. The molecule has 3 unspecified atom stereocenters. The summed E-state index contributed by atoms with van der Waals surface area (Å²) in [5.41, 5.74) is 1.20. The zero-order valence-corrected chi connectivity index (χ0v) is 8.63. The number of methoxy groups -OCH3 is 1. The van der Waals surface area contributed by atoms with Crippen molar-refractivity contribution in [2.24, 2.45) is 17.3 Å². The van der Waals surface area contributed by atoms with Crippen LogP contribution in [0.3, 0.4) is 0 Å². The zero-order valence-electron chi connectivity index (χ0n) is 8.63. The highest BCUT2D eigenvalue weighted by Crippen LogP contribution is 2.63. The topological polar surface area (TPSA) is 29.5 Å². The Bertz CT molecular complexity index is 257. The van der Waals surface area contributed by atoms with Crippen molar-refractivity contribution in [3.05, 3.63) is 12.2 Å². The number of aliphatic hydroxyl groups is 1. The molecule has 0 aliphatic heterocycles.